The van der Waals surface area contributed by atoms with Crippen LogP contribution in [-0.4, -0.2) is 57.5 Å². The van der Waals surface area contributed by atoms with E-state index in [0.717, 1.165) is 39.0 Å². The average Bonchev–Trinajstić information content (AvgIpc) is 3.24. The third-order valence-electron chi connectivity index (χ3n) is 5.09. The summed E-state index contributed by atoms with van der Waals surface area (Å²) in [7, 11) is 0. The Balaban J connectivity index is 1.31. The van der Waals surface area contributed by atoms with Crippen LogP contribution >= 0.6 is 0 Å². The standard InChI is InChI=1S/C18H22N4O/c23-18(13-20-6-5-19-14-20)22-9-7-21(8-10-22)17-11-15-3-1-2-4-16(15)12-17/h1-6,14,17H,7-13H2. The maximum absolute atomic E-state index is 12.3. The highest BCUT2D eigenvalue weighted by Crippen LogP contribution is 2.26. The molecule has 0 N–H and O–H groups in total. The molecular formula is C18H22N4O. The molecule has 0 spiro atoms. The molecular weight excluding hydrogens is 288 g/mol. The van der Waals surface area contributed by atoms with Crippen molar-refractivity contribution in [2.45, 2.75) is 25.4 Å². The Morgan fingerprint density at radius 1 is 1.09 bits per heavy atom. The van der Waals surface area contributed by atoms with E-state index in [2.05, 4.69) is 34.1 Å². The number of rotatable bonds is 3. The van der Waals surface area contributed by atoms with Gasteiger partial charge in [-0.05, 0) is 24.0 Å². The fraction of sp³-hybridized carbons (Fsp3) is 0.444. The highest BCUT2D eigenvalue weighted by atomic mass is 16.2. The molecule has 23 heavy (non-hydrogen) atoms. The van der Waals surface area contributed by atoms with E-state index < -0.39 is 0 Å². The van der Waals surface area contributed by atoms with Crippen LogP contribution in [0.2, 0.25) is 0 Å². The van der Waals surface area contributed by atoms with Crippen LogP contribution in [-0.2, 0) is 24.2 Å². The Morgan fingerprint density at radius 3 is 2.39 bits per heavy atom. The molecule has 5 heteroatoms. The van der Waals surface area contributed by atoms with Crippen molar-refractivity contribution in [2.24, 2.45) is 0 Å². The lowest BCUT2D eigenvalue weighted by atomic mass is 10.1. The number of benzene rings is 1. The van der Waals surface area contributed by atoms with Gasteiger partial charge < -0.3 is 9.47 Å². The lowest BCUT2D eigenvalue weighted by Gasteiger charge is -2.38. The van der Waals surface area contributed by atoms with Crippen molar-refractivity contribution >= 4 is 5.91 Å². The number of hydrogen-bond acceptors (Lipinski definition) is 3. The molecule has 0 radical (unpaired) electrons. The molecule has 1 aliphatic carbocycles. The average molecular weight is 310 g/mol. The number of fused-ring (bicyclic) bond motifs is 1. The number of aromatic nitrogens is 2. The van der Waals surface area contributed by atoms with E-state index in [0.29, 0.717) is 12.6 Å². The van der Waals surface area contributed by atoms with Crippen molar-refractivity contribution in [3.05, 3.63) is 54.1 Å². The molecule has 1 fully saturated rings. The molecule has 2 aromatic rings. The molecule has 1 aromatic heterocycles. The van der Waals surface area contributed by atoms with Gasteiger partial charge in [0.25, 0.3) is 0 Å². The lowest BCUT2D eigenvalue weighted by molar-refractivity contribution is -0.133. The molecule has 2 aliphatic rings. The summed E-state index contributed by atoms with van der Waals surface area (Å²) in [5.74, 6) is 0.192. The minimum absolute atomic E-state index is 0.192. The monoisotopic (exact) mass is 310 g/mol. The van der Waals surface area contributed by atoms with E-state index in [1.54, 1.807) is 12.5 Å². The normalized spacial score (nSPS) is 19.0. The van der Waals surface area contributed by atoms with Crippen molar-refractivity contribution < 1.29 is 4.79 Å². The van der Waals surface area contributed by atoms with Crippen LogP contribution in [0.5, 0.6) is 0 Å². The zero-order valence-corrected chi connectivity index (χ0v) is 13.3. The topological polar surface area (TPSA) is 41.4 Å². The largest absolute Gasteiger partial charge is 0.339 e. The summed E-state index contributed by atoms with van der Waals surface area (Å²) in [6.07, 6.45) is 7.55. The van der Waals surface area contributed by atoms with Crippen molar-refractivity contribution in [3.8, 4) is 0 Å². The minimum Gasteiger partial charge on any atom is -0.339 e. The maximum atomic E-state index is 12.3. The van der Waals surface area contributed by atoms with Crippen LogP contribution in [0.25, 0.3) is 0 Å². The summed E-state index contributed by atoms with van der Waals surface area (Å²) < 4.78 is 1.84. The predicted octanol–water partition coefficient (Wildman–Crippen LogP) is 1.19. The Morgan fingerprint density at radius 2 is 1.78 bits per heavy atom. The minimum atomic E-state index is 0.192. The van der Waals surface area contributed by atoms with Crippen molar-refractivity contribution in [2.75, 3.05) is 26.2 Å². The predicted molar refractivity (Wildman–Crippen MR) is 88.0 cm³/mol. The smallest absolute Gasteiger partial charge is 0.242 e. The van der Waals surface area contributed by atoms with Gasteiger partial charge in [0, 0.05) is 44.6 Å². The zero-order valence-electron chi connectivity index (χ0n) is 13.3. The summed E-state index contributed by atoms with van der Waals surface area (Å²) in [4.78, 5) is 20.9. The summed E-state index contributed by atoms with van der Waals surface area (Å²) in [5, 5.41) is 0. The molecule has 1 saturated heterocycles. The van der Waals surface area contributed by atoms with Gasteiger partial charge in [0.2, 0.25) is 5.91 Å². The van der Waals surface area contributed by atoms with Gasteiger partial charge >= 0.3 is 0 Å². The molecule has 1 aromatic carbocycles. The number of imidazole rings is 1. The number of nitrogens with zero attached hydrogens (tertiary/aromatic N) is 4. The van der Waals surface area contributed by atoms with Crippen LogP contribution in [0, 0.1) is 0 Å². The number of piperazine rings is 1. The van der Waals surface area contributed by atoms with Gasteiger partial charge in [-0.2, -0.15) is 0 Å². The van der Waals surface area contributed by atoms with Gasteiger partial charge in [-0.3, -0.25) is 9.69 Å². The summed E-state index contributed by atoms with van der Waals surface area (Å²) in [6, 6.07) is 9.38. The van der Waals surface area contributed by atoms with E-state index in [-0.39, 0.29) is 5.91 Å². The Kier molecular flexibility index (Phi) is 3.87. The number of carbonyl (C=O) groups excluding carboxylic acids is 1. The van der Waals surface area contributed by atoms with E-state index in [9.17, 15) is 4.79 Å². The quantitative estimate of drug-likeness (QED) is 0.855. The van der Waals surface area contributed by atoms with Crippen LogP contribution in [0.4, 0.5) is 0 Å². The van der Waals surface area contributed by atoms with Gasteiger partial charge in [0.1, 0.15) is 6.54 Å². The van der Waals surface area contributed by atoms with Gasteiger partial charge in [-0.1, -0.05) is 24.3 Å². The molecule has 4 rings (SSSR count). The lowest BCUT2D eigenvalue weighted by Crippen LogP contribution is -2.52. The highest BCUT2D eigenvalue weighted by molar-refractivity contribution is 5.76. The Hall–Kier alpha value is -2.14. The third-order valence-corrected chi connectivity index (χ3v) is 5.09. The molecule has 120 valence electrons. The molecule has 2 heterocycles. The fourth-order valence-corrected chi connectivity index (χ4v) is 3.77. The molecule has 0 unspecified atom stereocenters. The van der Waals surface area contributed by atoms with E-state index in [4.69, 9.17) is 0 Å². The van der Waals surface area contributed by atoms with Gasteiger partial charge in [0.15, 0.2) is 0 Å². The zero-order chi connectivity index (χ0) is 15.6. The molecule has 1 aliphatic heterocycles. The Labute approximate surface area is 136 Å². The van der Waals surface area contributed by atoms with E-state index in [1.165, 1.54) is 11.1 Å². The van der Waals surface area contributed by atoms with Crippen LogP contribution in [0.3, 0.4) is 0 Å². The Bertz CT molecular complexity index is 649. The number of amides is 1. The summed E-state index contributed by atoms with van der Waals surface area (Å²) >= 11 is 0. The first-order valence-electron chi connectivity index (χ1n) is 8.34. The highest BCUT2D eigenvalue weighted by Gasteiger charge is 2.30. The number of carbonyl (C=O) groups is 1. The van der Waals surface area contributed by atoms with Crippen molar-refractivity contribution in [1.82, 2.24) is 19.4 Å². The second kappa shape index (κ2) is 6.16. The molecule has 5 nitrogen and oxygen atoms in total. The summed E-state index contributed by atoms with van der Waals surface area (Å²) in [6.45, 7) is 4.03. The number of hydrogen-bond donors (Lipinski definition) is 0. The molecule has 1 amide bonds. The molecule has 0 atom stereocenters. The van der Waals surface area contributed by atoms with Crippen molar-refractivity contribution in [1.29, 1.82) is 0 Å². The first-order valence-corrected chi connectivity index (χ1v) is 8.34. The van der Waals surface area contributed by atoms with Gasteiger partial charge in [-0.15, -0.1) is 0 Å². The SMILES string of the molecule is O=C(Cn1ccnc1)N1CCN(C2Cc3ccccc3C2)CC1. The third kappa shape index (κ3) is 3.01. The van der Waals surface area contributed by atoms with E-state index >= 15 is 0 Å². The first-order chi connectivity index (χ1) is 11.3. The first kappa shape index (κ1) is 14.5. The van der Waals surface area contributed by atoms with Crippen LogP contribution in [0.15, 0.2) is 43.0 Å². The van der Waals surface area contributed by atoms with Gasteiger partial charge in [0.05, 0.1) is 6.33 Å². The maximum Gasteiger partial charge on any atom is 0.242 e. The second-order valence-corrected chi connectivity index (χ2v) is 6.48. The molecule has 0 bridgehead atoms. The van der Waals surface area contributed by atoms with E-state index in [1.807, 2.05) is 15.7 Å². The van der Waals surface area contributed by atoms with Crippen LogP contribution in [0.1, 0.15) is 11.1 Å². The van der Waals surface area contributed by atoms with Gasteiger partial charge in [-0.25, -0.2) is 4.98 Å². The summed E-state index contributed by atoms with van der Waals surface area (Å²) in [5.41, 5.74) is 2.99. The van der Waals surface area contributed by atoms with Crippen molar-refractivity contribution in [3.63, 3.8) is 0 Å². The molecule has 0 saturated carbocycles. The fourth-order valence-electron chi connectivity index (χ4n) is 3.77. The van der Waals surface area contributed by atoms with Crippen LogP contribution < -0.4 is 0 Å². The second-order valence-electron chi connectivity index (χ2n) is 6.48.